The zero-order valence-electron chi connectivity index (χ0n) is 11.3. The first-order valence-electron chi connectivity index (χ1n) is 6.38. The van der Waals surface area contributed by atoms with Crippen LogP contribution in [0, 0.1) is 17.0 Å². The lowest BCUT2D eigenvalue weighted by Crippen LogP contribution is -2.16. The van der Waals surface area contributed by atoms with Crippen molar-refractivity contribution < 1.29 is 23.9 Å². The fourth-order valence-corrected chi connectivity index (χ4v) is 1.82. The van der Waals surface area contributed by atoms with Crippen LogP contribution in [0.1, 0.15) is 5.56 Å². The SMILES string of the molecule is Cc1cc2c(cc1[N+](=O)[O-])OCCOCCOCCO2. The second-order valence-electron chi connectivity index (χ2n) is 4.26. The van der Waals surface area contributed by atoms with Gasteiger partial charge in [0.15, 0.2) is 11.5 Å². The Labute approximate surface area is 116 Å². The minimum Gasteiger partial charge on any atom is -0.487 e. The predicted molar refractivity (Wildman–Crippen MR) is 70.5 cm³/mol. The molecule has 0 saturated heterocycles. The van der Waals surface area contributed by atoms with Gasteiger partial charge in [0.2, 0.25) is 0 Å². The standard InChI is InChI=1S/C13H17NO6/c1-10-8-12-13(9-11(10)14(15)16)20-7-5-18-3-2-17-4-6-19-12/h8-9H,2-7H2,1H3. The van der Waals surface area contributed by atoms with Crippen LogP contribution in [-0.2, 0) is 9.47 Å². The summed E-state index contributed by atoms with van der Waals surface area (Å²) in [5, 5.41) is 10.9. The summed E-state index contributed by atoms with van der Waals surface area (Å²) in [6.07, 6.45) is 0. The van der Waals surface area contributed by atoms with Crippen LogP contribution in [0.3, 0.4) is 0 Å². The molecule has 0 atom stereocenters. The Balaban J connectivity index is 2.22. The smallest absolute Gasteiger partial charge is 0.276 e. The highest BCUT2D eigenvalue weighted by Gasteiger charge is 2.17. The van der Waals surface area contributed by atoms with E-state index < -0.39 is 4.92 Å². The van der Waals surface area contributed by atoms with Crippen molar-refractivity contribution in [3.05, 3.63) is 27.8 Å². The molecule has 0 aliphatic carbocycles. The first-order chi connectivity index (χ1) is 9.68. The molecule has 2 rings (SSSR count). The molecule has 1 heterocycles. The van der Waals surface area contributed by atoms with Gasteiger partial charge in [-0.25, -0.2) is 0 Å². The van der Waals surface area contributed by atoms with E-state index in [9.17, 15) is 10.1 Å². The summed E-state index contributed by atoms with van der Waals surface area (Å²) in [7, 11) is 0. The molecule has 1 aliphatic heterocycles. The molecular weight excluding hydrogens is 266 g/mol. The zero-order valence-corrected chi connectivity index (χ0v) is 11.3. The molecule has 7 nitrogen and oxygen atoms in total. The molecule has 0 spiro atoms. The normalized spacial score (nSPS) is 16.9. The number of hydrogen-bond donors (Lipinski definition) is 0. The van der Waals surface area contributed by atoms with Crippen molar-refractivity contribution >= 4 is 5.69 Å². The molecule has 0 unspecified atom stereocenters. The monoisotopic (exact) mass is 283 g/mol. The van der Waals surface area contributed by atoms with Gasteiger partial charge in [0.1, 0.15) is 13.2 Å². The molecule has 0 fully saturated rings. The Hall–Kier alpha value is -1.86. The minimum atomic E-state index is -0.436. The van der Waals surface area contributed by atoms with E-state index in [1.807, 2.05) is 0 Å². The van der Waals surface area contributed by atoms with E-state index in [2.05, 4.69) is 0 Å². The number of aryl methyl sites for hydroxylation is 1. The quantitative estimate of drug-likeness (QED) is 0.576. The van der Waals surface area contributed by atoms with E-state index in [1.165, 1.54) is 6.07 Å². The van der Waals surface area contributed by atoms with E-state index in [0.29, 0.717) is 56.7 Å². The van der Waals surface area contributed by atoms with Crippen LogP contribution < -0.4 is 9.47 Å². The number of hydrogen-bond acceptors (Lipinski definition) is 6. The average molecular weight is 283 g/mol. The molecule has 0 N–H and O–H groups in total. The van der Waals surface area contributed by atoms with Crippen molar-refractivity contribution in [3.8, 4) is 11.5 Å². The summed E-state index contributed by atoms with van der Waals surface area (Å²) in [5.41, 5.74) is 0.540. The second kappa shape index (κ2) is 7.06. The summed E-state index contributed by atoms with van der Waals surface area (Å²) < 4.78 is 21.7. The Morgan fingerprint density at radius 3 is 2.00 bits per heavy atom. The summed E-state index contributed by atoms with van der Waals surface area (Å²) >= 11 is 0. The number of ether oxygens (including phenoxy) is 4. The number of rotatable bonds is 1. The molecule has 0 saturated carbocycles. The number of nitro benzene ring substituents is 1. The van der Waals surface area contributed by atoms with Crippen molar-refractivity contribution in [2.75, 3.05) is 39.6 Å². The zero-order chi connectivity index (χ0) is 14.4. The van der Waals surface area contributed by atoms with Crippen LogP contribution in [-0.4, -0.2) is 44.6 Å². The van der Waals surface area contributed by atoms with Crippen LogP contribution in [0.4, 0.5) is 5.69 Å². The van der Waals surface area contributed by atoms with Crippen LogP contribution >= 0.6 is 0 Å². The van der Waals surface area contributed by atoms with Crippen LogP contribution in [0.15, 0.2) is 12.1 Å². The van der Waals surface area contributed by atoms with Crippen LogP contribution in [0.5, 0.6) is 11.5 Å². The third-order valence-electron chi connectivity index (χ3n) is 2.80. The summed E-state index contributed by atoms with van der Waals surface area (Å²) in [5.74, 6) is 0.837. The number of benzene rings is 1. The molecule has 1 aromatic carbocycles. The molecule has 1 aliphatic rings. The molecule has 0 aromatic heterocycles. The van der Waals surface area contributed by atoms with E-state index in [1.54, 1.807) is 13.0 Å². The fraction of sp³-hybridized carbons (Fsp3) is 0.538. The van der Waals surface area contributed by atoms with Gasteiger partial charge in [-0.05, 0) is 13.0 Å². The van der Waals surface area contributed by atoms with Crippen LogP contribution in [0.25, 0.3) is 0 Å². The van der Waals surface area contributed by atoms with Gasteiger partial charge in [-0.1, -0.05) is 0 Å². The lowest BCUT2D eigenvalue weighted by molar-refractivity contribution is -0.385. The fourth-order valence-electron chi connectivity index (χ4n) is 1.82. The van der Waals surface area contributed by atoms with Gasteiger partial charge < -0.3 is 18.9 Å². The van der Waals surface area contributed by atoms with Crippen molar-refractivity contribution in [2.24, 2.45) is 0 Å². The lowest BCUT2D eigenvalue weighted by Gasteiger charge is -2.15. The molecule has 7 heteroatoms. The van der Waals surface area contributed by atoms with Gasteiger partial charge in [-0.3, -0.25) is 10.1 Å². The summed E-state index contributed by atoms with van der Waals surface area (Å²) in [6, 6.07) is 3.00. The van der Waals surface area contributed by atoms with E-state index in [0.717, 1.165) is 0 Å². The predicted octanol–water partition coefficient (Wildman–Crippen LogP) is 1.71. The van der Waals surface area contributed by atoms with Crippen molar-refractivity contribution in [1.82, 2.24) is 0 Å². The van der Waals surface area contributed by atoms with Gasteiger partial charge in [-0.15, -0.1) is 0 Å². The Morgan fingerprint density at radius 2 is 1.45 bits per heavy atom. The molecule has 20 heavy (non-hydrogen) atoms. The van der Waals surface area contributed by atoms with E-state index in [4.69, 9.17) is 18.9 Å². The second-order valence-corrected chi connectivity index (χ2v) is 4.26. The Bertz CT molecular complexity index is 476. The minimum absolute atomic E-state index is 0.0108. The summed E-state index contributed by atoms with van der Waals surface area (Å²) in [6.45, 7) is 4.14. The number of nitrogens with zero attached hydrogens (tertiary/aromatic N) is 1. The van der Waals surface area contributed by atoms with Crippen molar-refractivity contribution in [2.45, 2.75) is 6.92 Å². The first-order valence-corrected chi connectivity index (χ1v) is 6.38. The topological polar surface area (TPSA) is 80.1 Å². The van der Waals surface area contributed by atoms with E-state index >= 15 is 0 Å². The Morgan fingerprint density at radius 1 is 0.950 bits per heavy atom. The van der Waals surface area contributed by atoms with Crippen LogP contribution in [0.2, 0.25) is 0 Å². The van der Waals surface area contributed by atoms with Gasteiger partial charge in [0.05, 0.1) is 37.4 Å². The van der Waals surface area contributed by atoms with Crippen molar-refractivity contribution in [1.29, 1.82) is 0 Å². The largest absolute Gasteiger partial charge is 0.487 e. The summed E-state index contributed by atoms with van der Waals surface area (Å²) in [4.78, 5) is 10.5. The molecule has 110 valence electrons. The average Bonchev–Trinajstić information content (AvgIpc) is 2.40. The highest BCUT2D eigenvalue weighted by molar-refractivity contribution is 5.53. The van der Waals surface area contributed by atoms with Gasteiger partial charge in [-0.2, -0.15) is 0 Å². The third kappa shape index (κ3) is 3.82. The third-order valence-corrected chi connectivity index (χ3v) is 2.80. The number of fused-ring (bicyclic) bond motifs is 1. The van der Waals surface area contributed by atoms with E-state index in [-0.39, 0.29) is 5.69 Å². The Kier molecular flexibility index (Phi) is 5.14. The molecule has 1 aromatic rings. The maximum atomic E-state index is 10.9. The molecular formula is C13H17NO6. The van der Waals surface area contributed by atoms with Gasteiger partial charge >= 0.3 is 0 Å². The van der Waals surface area contributed by atoms with Gasteiger partial charge in [0.25, 0.3) is 5.69 Å². The molecule has 0 bridgehead atoms. The number of nitro groups is 1. The maximum absolute atomic E-state index is 10.9. The lowest BCUT2D eigenvalue weighted by atomic mass is 10.2. The molecule has 0 amide bonds. The van der Waals surface area contributed by atoms with Gasteiger partial charge in [0, 0.05) is 5.56 Å². The first kappa shape index (κ1) is 14.5. The molecule has 0 radical (unpaired) electrons. The highest BCUT2D eigenvalue weighted by Crippen LogP contribution is 2.34. The van der Waals surface area contributed by atoms with Crippen molar-refractivity contribution in [3.63, 3.8) is 0 Å². The maximum Gasteiger partial charge on any atom is 0.276 e. The highest BCUT2D eigenvalue weighted by atomic mass is 16.6.